The van der Waals surface area contributed by atoms with Crippen LogP contribution < -0.4 is 0 Å². The molecule has 1 aliphatic heterocycles. The van der Waals surface area contributed by atoms with Gasteiger partial charge >= 0.3 is 5.97 Å². The fraction of sp³-hybridized carbons (Fsp3) is 0.833. The summed E-state index contributed by atoms with van der Waals surface area (Å²) in [5.74, 6) is -0.841. The molecule has 1 N–H and O–H groups in total. The van der Waals surface area contributed by atoms with E-state index in [-0.39, 0.29) is 6.04 Å². The minimum Gasteiger partial charge on any atom is -0.479 e. The van der Waals surface area contributed by atoms with Crippen molar-refractivity contribution in [2.75, 3.05) is 19.6 Å². The fourth-order valence-electron chi connectivity index (χ4n) is 2.71. The maximum atomic E-state index is 11.6. The van der Waals surface area contributed by atoms with Gasteiger partial charge in [0.2, 0.25) is 6.41 Å². The van der Waals surface area contributed by atoms with Crippen molar-refractivity contribution in [3.63, 3.8) is 0 Å². The molecule has 5 nitrogen and oxygen atoms in total. The van der Waals surface area contributed by atoms with Gasteiger partial charge in [-0.3, -0.25) is 4.79 Å². The Balaban J connectivity index is 2.15. The lowest BCUT2D eigenvalue weighted by Gasteiger charge is -2.44. The lowest BCUT2D eigenvalue weighted by Crippen LogP contribution is -2.60. The molecule has 2 aliphatic rings. The summed E-state index contributed by atoms with van der Waals surface area (Å²) in [6, 6.07) is 0.164. The third kappa shape index (κ3) is 2.16. The Kier molecular flexibility index (Phi) is 3.38. The molecule has 0 radical (unpaired) electrons. The van der Waals surface area contributed by atoms with Crippen LogP contribution in [0.15, 0.2) is 0 Å². The van der Waals surface area contributed by atoms with Gasteiger partial charge in [0.25, 0.3) is 0 Å². The number of nitrogens with zero attached hydrogens (tertiary/aromatic N) is 2. The molecule has 1 saturated carbocycles. The van der Waals surface area contributed by atoms with E-state index in [9.17, 15) is 14.7 Å². The summed E-state index contributed by atoms with van der Waals surface area (Å²) in [5.41, 5.74) is -0.950. The Morgan fingerprint density at radius 3 is 2.41 bits per heavy atom. The van der Waals surface area contributed by atoms with Gasteiger partial charge < -0.3 is 14.9 Å². The Bertz CT molecular complexity index is 307. The van der Waals surface area contributed by atoms with E-state index in [1.54, 1.807) is 4.90 Å². The van der Waals surface area contributed by atoms with Crippen LogP contribution in [0.2, 0.25) is 0 Å². The van der Waals surface area contributed by atoms with E-state index in [4.69, 9.17) is 0 Å². The molecule has 1 saturated heterocycles. The summed E-state index contributed by atoms with van der Waals surface area (Å²) in [7, 11) is 0. The molecule has 2 fully saturated rings. The molecule has 0 bridgehead atoms. The molecule has 96 valence electrons. The van der Waals surface area contributed by atoms with Gasteiger partial charge in [-0.05, 0) is 32.2 Å². The van der Waals surface area contributed by atoms with Gasteiger partial charge in [0, 0.05) is 19.1 Å². The summed E-state index contributed by atoms with van der Waals surface area (Å²) in [4.78, 5) is 26.6. The van der Waals surface area contributed by atoms with E-state index in [0.29, 0.717) is 12.8 Å². The van der Waals surface area contributed by atoms with Crippen molar-refractivity contribution in [2.24, 2.45) is 0 Å². The molecule has 0 aromatic heterocycles. The van der Waals surface area contributed by atoms with Crippen LogP contribution in [-0.2, 0) is 9.59 Å². The minimum absolute atomic E-state index is 0.164. The highest BCUT2D eigenvalue weighted by atomic mass is 16.4. The standard InChI is InChI=1S/C12H20N2O3/c1-2-13-7-5-12(6-8-13,11(16)17)14(9-15)10-3-4-10/h9-10H,2-8H2,1H3,(H,16,17). The molecule has 0 aromatic carbocycles. The highest BCUT2D eigenvalue weighted by molar-refractivity contribution is 5.82. The molecular formula is C12H20N2O3. The molecular weight excluding hydrogens is 220 g/mol. The maximum Gasteiger partial charge on any atom is 0.329 e. The molecule has 1 heterocycles. The third-order valence-corrected chi connectivity index (χ3v) is 4.08. The Hall–Kier alpha value is -1.10. The van der Waals surface area contributed by atoms with E-state index >= 15 is 0 Å². The van der Waals surface area contributed by atoms with Crippen molar-refractivity contribution in [1.29, 1.82) is 0 Å². The average Bonchev–Trinajstić information content (AvgIpc) is 3.15. The Morgan fingerprint density at radius 1 is 1.47 bits per heavy atom. The van der Waals surface area contributed by atoms with Crippen LogP contribution in [0.1, 0.15) is 32.6 Å². The van der Waals surface area contributed by atoms with Gasteiger partial charge in [0.15, 0.2) is 0 Å². The van der Waals surface area contributed by atoms with Gasteiger partial charge in [-0.1, -0.05) is 6.92 Å². The van der Waals surface area contributed by atoms with E-state index in [2.05, 4.69) is 11.8 Å². The predicted octanol–water partition coefficient (Wildman–Crippen LogP) is 0.546. The normalized spacial score (nSPS) is 24.3. The molecule has 0 spiro atoms. The van der Waals surface area contributed by atoms with E-state index in [1.807, 2.05) is 0 Å². The zero-order valence-electron chi connectivity index (χ0n) is 10.3. The van der Waals surface area contributed by atoms with Crippen molar-refractivity contribution in [3.05, 3.63) is 0 Å². The van der Waals surface area contributed by atoms with Crippen LogP contribution in [0.4, 0.5) is 0 Å². The van der Waals surface area contributed by atoms with E-state index < -0.39 is 11.5 Å². The SMILES string of the molecule is CCN1CCC(C(=O)O)(N(C=O)C2CC2)CC1. The topological polar surface area (TPSA) is 60.9 Å². The minimum atomic E-state index is -0.950. The fourth-order valence-corrected chi connectivity index (χ4v) is 2.71. The summed E-state index contributed by atoms with van der Waals surface area (Å²) in [6.07, 6.45) is 3.74. The number of carbonyl (C=O) groups is 2. The van der Waals surface area contributed by atoms with E-state index in [1.165, 1.54) is 0 Å². The number of carbonyl (C=O) groups excluding carboxylic acids is 1. The Labute approximate surface area is 101 Å². The van der Waals surface area contributed by atoms with Crippen LogP contribution in [0.3, 0.4) is 0 Å². The number of piperidine rings is 1. The molecule has 0 unspecified atom stereocenters. The molecule has 17 heavy (non-hydrogen) atoms. The number of amides is 1. The predicted molar refractivity (Wildman–Crippen MR) is 62.6 cm³/mol. The third-order valence-electron chi connectivity index (χ3n) is 4.08. The first-order valence-corrected chi connectivity index (χ1v) is 6.33. The van der Waals surface area contributed by atoms with Crippen molar-refractivity contribution in [1.82, 2.24) is 9.80 Å². The van der Waals surface area contributed by atoms with Crippen LogP contribution in [0.25, 0.3) is 0 Å². The van der Waals surface area contributed by atoms with E-state index in [0.717, 1.165) is 38.9 Å². The summed E-state index contributed by atoms with van der Waals surface area (Å²) < 4.78 is 0. The zero-order valence-corrected chi connectivity index (χ0v) is 10.3. The smallest absolute Gasteiger partial charge is 0.329 e. The van der Waals surface area contributed by atoms with Gasteiger partial charge in [0.1, 0.15) is 5.54 Å². The lowest BCUT2D eigenvalue weighted by molar-refractivity contribution is -0.159. The van der Waals surface area contributed by atoms with Gasteiger partial charge in [0.05, 0.1) is 0 Å². The van der Waals surface area contributed by atoms with Gasteiger partial charge in [-0.15, -0.1) is 0 Å². The summed E-state index contributed by atoms with van der Waals surface area (Å²) in [6.45, 7) is 4.55. The second-order valence-corrected chi connectivity index (χ2v) is 5.01. The van der Waals surface area contributed by atoms with Crippen molar-refractivity contribution in [3.8, 4) is 0 Å². The number of hydrogen-bond donors (Lipinski definition) is 1. The lowest BCUT2D eigenvalue weighted by atomic mass is 9.85. The summed E-state index contributed by atoms with van der Waals surface area (Å²) >= 11 is 0. The summed E-state index contributed by atoms with van der Waals surface area (Å²) in [5, 5.41) is 9.51. The van der Waals surface area contributed by atoms with Crippen molar-refractivity contribution < 1.29 is 14.7 Å². The zero-order chi connectivity index (χ0) is 12.5. The quantitative estimate of drug-likeness (QED) is 0.713. The highest BCUT2D eigenvalue weighted by Gasteiger charge is 2.50. The number of carboxylic acid groups (broad SMARTS) is 1. The number of likely N-dealkylation sites (tertiary alicyclic amines) is 1. The second kappa shape index (κ2) is 4.64. The first kappa shape index (κ1) is 12.4. The van der Waals surface area contributed by atoms with Crippen molar-refractivity contribution >= 4 is 12.4 Å². The largest absolute Gasteiger partial charge is 0.479 e. The number of rotatable bonds is 5. The van der Waals surface area contributed by atoms with Crippen molar-refractivity contribution in [2.45, 2.75) is 44.2 Å². The van der Waals surface area contributed by atoms with Crippen LogP contribution in [0, 0.1) is 0 Å². The molecule has 5 heteroatoms. The van der Waals surface area contributed by atoms with Gasteiger partial charge in [-0.25, -0.2) is 4.79 Å². The second-order valence-electron chi connectivity index (χ2n) is 5.01. The number of aliphatic carboxylic acids is 1. The molecule has 2 rings (SSSR count). The molecule has 0 aromatic rings. The molecule has 1 amide bonds. The molecule has 0 atom stereocenters. The number of hydrogen-bond acceptors (Lipinski definition) is 3. The molecule has 1 aliphatic carbocycles. The highest BCUT2D eigenvalue weighted by Crippen LogP contribution is 2.37. The van der Waals surface area contributed by atoms with Crippen LogP contribution in [0.5, 0.6) is 0 Å². The Morgan fingerprint density at radius 2 is 2.06 bits per heavy atom. The first-order valence-electron chi connectivity index (χ1n) is 6.33. The first-order chi connectivity index (χ1) is 8.14. The van der Waals surface area contributed by atoms with Crippen LogP contribution in [-0.4, -0.2) is 58.5 Å². The average molecular weight is 240 g/mol. The monoisotopic (exact) mass is 240 g/mol. The van der Waals surface area contributed by atoms with Gasteiger partial charge in [-0.2, -0.15) is 0 Å². The number of carboxylic acids is 1. The maximum absolute atomic E-state index is 11.6. The van der Waals surface area contributed by atoms with Crippen LogP contribution >= 0.6 is 0 Å².